The summed E-state index contributed by atoms with van der Waals surface area (Å²) in [6, 6.07) is 3.46. The summed E-state index contributed by atoms with van der Waals surface area (Å²) >= 11 is 0. The van der Waals surface area contributed by atoms with Crippen molar-refractivity contribution < 1.29 is 17.5 Å². The van der Waals surface area contributed by atoms with Crippen LogP contribution >= 0.6 is 0 Å². The van der Waals surface area contributed by atoms with Crippen LogP contribution in [0.2, 0.25) is 0 Å². The lowest BCUT2D eigenvalue weighted by molar-refractivity contribution is 0.136. The minimum Gasteiger partial charge on any atom is -0.399 e. The van der Waals surface area contributed by atoms with Gasteiger partial charge in [-0.3, -0.25) is 0 Å². The Labute approximate surface area is 113 Å². The monoisotopic (exact) mass is 290 g/mol. The van der Waals surface area contributed by atoms with Crippen LogP contribution < -0.4 is 10.5 Å². The maximum atomic E-state index is 13.5. The zero-order valence-electron chi connectivity index (χ0n) is 10.9. The summed E-state index contributed by atoms with van der Waals surface area (Å²) in [6.45, 7) is 3.00. The molecular formula is C12H19FN2O3S. The maximum absolute atomic E-state index is 13.5. The second kappa shape index (κ2) is 7.42. The number of nitrogen functional groups attached to an aromatic ring is 1. The van der Waals surface area contributed by atoms with Crippen LogP contribution in [0.1, 0.15) is 19.8 Å². The van der Waals surface area contributed by atoms with E-state index in [2.05, 4.69) is 4.72 Å². The van der Waals surface area contributed by atoms with E-state index in [1.54, 1.807) is 0 Å². The summed E-state index contributed by atoms with van der Waals surface area (Å²) in [5.74, 6) is -0.862. The molecule has 1 rings (SSSR count). The van der Waals surface area contributed by atoms with Crippen molar-refractivity contribution in [2.75, 3.05) is 25.5 Å². The van der Waals surface area contributed by atoms with Gasteiger partial charge in [-0.1, -0.05) is 13.3 Å². The molecule has 0 aliphatic rings. The van der Waals surface area contributed by atoms with Crippen molar-refractivity contribution in [3.8, 4) is 0 Å². The lowest BCUT2D eigenvalue weighted by atomic mass is 10.3. The van der Waals surface area contributed by atoms with E-state index >= 15 is 0 Å². The van der Waals surface area contributed by atoms with E-state index in [0.717, 1.165) is 25.0 Å². The maximum Gasteiger partial charge on any atom is 0.243 e. The van der Waals surface area contributed by atoms with Gasteiger partial charge in [0.1, 0.15) is 10.7 Å². The van der Waals surface area contributed by atoms with Gasteiger partial charge in [-0.2, -0.15) is 0 Å². The number of sulfonamides is 1. The van der Waals surface area contributed by atoms with Crippen LogP contribution in [0.3, 0.4) is 0 Å². The Hall–Kier alpha value is -1.18. The van der Waals surface area contributed by atoms with E-state index in [4.69, 9.17) is 10.5 Å². The fourth-order valence-corrected chi connectivity index (χ4v) is 2.48. The predicted octanol–water partition coefficient (Wildman–Crippen LogP) is 1.50. The van der Waals surface area contributed by atoms with Crippen LogP contribution in [-0.4, -0.2) is 28.2 Å². The normalized spacial score (nSPS) is 11.7. The van der Waals surface area contributed by atoms with Crippen molar-refractivity contribution in [1.29, 1.82) is 0 Å². The van der Waals surface area contributed by atoms with E-state index < -0.39 is 20.7 Å². The van der Waals surface area contributed by atoms with E-state index in [-0.39, 0.29) is 18.8 Å². The molecule has 19 heavy (non-hydrogen) atoms. The van der Waals surface area contributed by atoms with Gasteiger partial charge in [-0.05, 0) is 24.6 Å². The van der Waals surface area contributed by atoms with E-state index in [1.165, 1.54) is 6.07 Å². The minimum absolute atomic E-state index is 0.107. The number of ether oxygens (including phenoxy) is 1. The molecule has 0 spiro atoms. The molecule has 0 amide bonds. The number of hydrogen-bond donors (Lipinski definition) is 2. The molecule has 0 atom stereocenters. The Morgan fingerprint density at radius 3 is 2.74 bits per heavy atom. The average Bonchev–Trinajstić information content (AvgIpc) is 2.33. The molecule has 108 valence electrons. The topological polar surface area (TPSA) is 81.4 Å². The molecule has 0 aliphatic heterocycles. The van der Waals surface area contributed by atoms with Crippen LogP contribution in [0.4, 0.5) is 10.1 Å². The second-order valence-electron chi connectivity index (χ2n) is 4.05. The van der Waals surface area contributed by atoms with E-state index in [0.29, 0.717) is 6.61 Å². The van der Waals surface area contributed by atoms with Gasteiger partial charge < -0.3 is 10.5 Å². The average molecular weight is 290 g/mol. The molecule has 0 radical (unpaired) electrons. The highest BCUT2D eigenvalue weighted by molar-refractivity contribution is 7.89. The van der Waals surface area contributed by atoms with Gasteiger partial charge in [0.25, 0.3) is 0 Å². The molecule has 0 fully saturated rings. The SMILES string of the molecule is CCCCOCCNS(=O)(=O)c1ccc(N)cc1F. The van der Waals surface area contributed by atoms with Gasteiger partial charge in [0, 0.05) is 18.8 Å². The first-order valence-corrected chi connectivity index (χ1v) is 7.58. The van der Waals surface area contributed by atoms with Crippen LogP contribution in [0.5, 0.6) is 0 Å². The quantitative estimate of drug-likeness (QED) is 0.561. The van der Waals surface area contributed by atoms with Crippen molar-refractivity contribution in [2.45, 2.75) is 24.7 Å². The first-order valence-electron chi connectivity index (χ1n) is 6.10. The third-order valence-electron chi connectivity index (χ3n) is 2.43. The Bertz CT molecular complexity index is 506. The number of benzene rings is 1. The van der Waals surface area contributed by atoms with Crippen molar-refractivity contribution in [3.05, 3.63) is 24.0 Å². The van der Waals surface area contributed by atoms with Crippen LogP contribution in [0.15, 0.2) is 23.1 Å². The van der Waals surface area contributed by atoms with E-state index in [9.17, 15) is 12.8 Å². The van der Waals surface area contributed by atoms with Gasteiger partial charge in [-0.25, -0.2) is 17.5 Å². The molecule has 5 nitrogen and oxygen atoms in total. The molecule has 0 aliphatic carbocycles. The molecule has 0 heterocycles. The summed E-state index contributed by atoms with van der Waals surface area (Å²) in [7, 11) is -3.86. The fourth-order valence-electron chi connectivity index (χ4n) is 1.41. The summed E-state index contributed by atoms with van der Waals surface area (Å²) in [4.78, 5) is -0.407. The summed E-state index contributed by atoms with van der Waals surface area (Å²) in [5.41, 5.74) is 5.54. The molecule has 1 aromatic carbocycles. The molecule has 0 saturated heterocycles. The predicted molar refractivity (Wildman–Crippen MR) is 71.7 cm³/mol. The summed E-state index contributed by atoms with van der Waals surface area (Å²) < 4.78 is 44.6. The molecule has 7 heteroatoms. The Morgan fingerprint density at radius 2 is 2.11 bits per heavy atom. The number of nitrogens with two attached hydrogens (primary N) is 1. The standard InChI is InChI=1S/C12H19FN2O3S/c1-2-3-7-18-8-6-15-19(16,17)12-5-4-10(14)9-11(12)13/h4-5,9,15H,2-3,6-8,14H2,1H3. The number of anilines is 1. The molecule has 1 aromatic rings. The molecule has 0 bridgehead atoms. The number of nitrogens with one attached hydrogen (secondary N) is 1. The van der Waals surface area contributed by atoms with Gasteiger partial charge in [0.05, 0.1) is 6.61 Å². The fraction of sp³-hybridized carbons (Fsp3) is 0.500. The van der Waals surface area contributed by atoms with Crippen molar-refractivity contribution >= 4 is 15.7 Å². The smallest absolute Gasteiger partial charge is 0.243 e. The molecule has 0 aromatic heterocycles. The largest absolute Gasteiger partial charge is 0.399 e. The molecule has 3 N–H and O–H groups in total. The van der Waals surface area contributed by atoms with Gasteiger partial charge >= 0.3 is 0 Å². The first kappa shape index (κ1) is 15.9. The van der Waals surface area contributed by atoms with Gasteiger partial charge in [0.15, 0.2) is 0 Å². The highest BCUT2D eigenvalue weighted by Gasteiger charge is 2.18. The van der Waals surface area contributed by atoms with Crippen LogP contribution in [-0.2, 0) is 14.8 Å². The molecular weight excluding hydrogens is 271 g/mol. The summed E-state index contributed by atoms with van der Waals surface area (Å²) in [5, 5.41) is 0. The minimum atomic E-state index is -3.86. The Morgan fingerprint density at radius 1 is 1.37 bits per heavy atom. The number of halogens is 1. The Kier molecular flexibility index (Phi) is 6.20. The Balaban J connectivity index is 2.52. The second-order valence-corrected chi connectivity index (χ2v) is 5.79. The zero-order valence-corrected chi connectivity index (χ0v) is 11.7. The van der Waals surface area contributed by atoms with Crippen molar-refractivity contribution in [3.63, 3.8) is 0 Å². The molecule has 0 unspecified atom stereocenters. The zero-order chi connectivity index (χ0) is 14.3. The van der Waals surface area contributed by atoms with Gasteiger partial charge in [-0.15, -0.1) is 0 Å². The number of rotatable bonds is 8. The number of unbranched alkanes of at least 4 members (excludes halogenated alkanes) is 1. The van der Waals surface area contributed by atoms with Crippen molar-refractivity contribution in [1.82, 2.24) is 4.72 Å². The first-order chi connectivity index (χ1) is 8.97. The summed E-state index contributed by atoms with van der Waals surface area (Å²) in [6.07, 6.45) is 1.95. The molecule has 0 saturated carbocycles. The third-order valence-corrected chi connectivity index (χ3v) is 3.92. The highest BCUT2D eigenvalue weighted by Crippen LogP contribution is 2.16. The lowest BCUT2D eigenvalue weighted by Crippen LogP contribution is -2.28. The number of hydrogen-bond acceptors (Lipinski definition) is 4. The van der Waals surface area contributed by atoms with Gasteiger partial charge in [0.2, 0.25) is 10.0 Å². The van der Waals surface area contributed by atoms with Crippen LogP contribution in [0.25, 0.3) is 0 Å². The third kappa shape index (κ3) is 5.14. The van der Waals surface area contributed by atoms with Crippen molar-refractivity contribution in [2.24, 2.45) is 0 Å². The lowest BCUT2D eigenvalue weighted by Gasteiger charge is -2.08. The highest BCUT2D eigenvalue weighted by atomic mass is 32.2. The van der Waals surface area contributed by atoms with Crippen LogP contribution in [0, 0.1) is 5.82 Å². The van der Waals surface area contributed by atoms with E-state index in [1.807, 2.05) is 6.92 Å².